The van der Waals surface area contributed by atoms with Gasteiger partial charge in [-0.3, -0.25) is 4.79 Å². The van der Waals surface area contributed by atoms with Crippen molar-refractivity contribution in [2.75, 3.05) is 6.54 Å². The molecule has 3 rings (SSSR count). The molecule has 0 aliphatic rings. The molecule has 0 unspecified atom stereocenters. The predicted molar refractivity (Wildman–Crippen MR) is 133 cm³/mol. The summed E-state index contributed by atoms with van der Waals surface area (Å²) in [5.74, 6) is -0.536. The van der Waals surface area contributed by atoms with Crippen LogP contribution in [0, 0.1) is 6.92 Å². The van der Waals surface area contributed by atoms with Gasteiger partial charge in [-0.05, 0) is 54.4 Å². The number of amides is 1. The second-order valence-corrected chi connectivity index (χ2v) is 10.8. The minimum atomic E-state index is -3.91. The lowest BCUT2D eigenvalue weighted by Crippen LogP contribution is -2.39. The zero-order valence-corrected chi connectivity index (χ0v) is 21.2. The van der Waals surface area contributed by atoms with Gasteiger partial charge in [-0.25, -0.2) is 13.8 Å². The monoisotopic (exact) mass is 577 g/mol. The first kappa shape index (κ1) is 24.3. The highest BCUT2D eigenvalue weighted by Crippen LogP contribution is 2.21. The van der Waals surface area contributed by atoms with Crippen molar-refractivity contribution in [1.29, 1.82) is 0 Å². The van der Waals surface area contributed by atoms with Crippen molar-refractivity contribution in [3.8, 4) is 0 Å². The van der Waals surface area contributed by atoms with E-state index in [-0.39, 0.29) is 18.0 Å². The summed E-state index contributed by atoms with van der Waals surface area (Å²) in [5.41, 5.74) is 5.05. The third-order valence-corrected chi connectivity index (χ3v) is 7.39. The average Bonchev–Trinajstić information content (AvgIpc) is 2.76. The SMILES string of the molecule is Cc1ccc(CN(CC(=O)N/N=C\c2ccc(Br)cc2)S(=O)(=O)c2ccc(Br)cc2)cc1. The Morgan fingerprint density at radius 1 is 0.938 bits per heavy atom. The van der Waals surface area contributed by atoms with E-state index in [2.05, 4.69) is 42.4 Å². The van der Waals surface area contributed by atoms with Gasteiger partial charge >= 0.3 is 0 Å². The smallest absolute Gasteiger partial charge is 0.255 e. The molecule has 0 fully saturated rings. The van der Waals surface area contributed by atoms with E-state index in [1.54, 1.807) is 12.1 Å². The number of sulfonamides is 1. The lowest BCUT2D eigenvalue weighted by Gasteiger charge is -2.21. The number of nitrogens with zero attached hydrogens (tertiary/aromatic N) is 2. The molecule has 0 aromatic heterocycles. The van der Waals surface area contributed by atoms with Gasteiger partial charge in [0.1, 0.15) is 0 Å². The molecule has 0 saturated carbocycles. The molecule has 32 heavy (non-hydrogen) atoms. The van der Waals surface area contributed by atoms with Crippen LogP contribution in [-0.4, -0.2) is 31.4 Å². The van der Waals surface area contributed by atoms with Gasteiger partial charge in [-0.1, -0.05) is 73.8 Å². The van der Waals surface area contributed by atoms with Gasteiger partial charge in [0.15, 0.2) is 0 Å². The van der Waals surface area contributed by atoms with Crippen molar-refractivity contribution in [3.63, 3.8) is 0 Å². The minimum Gasteiger partial charge on any atom is -0.272 e. The van der Waals surface area contributed by atoms with Crippen LogP contribution in [0.2, 0.25) is 0 Å². The first-order valence-electron chi connectivity index (χ1n) is 9.63. The Morgan fingerprint density at radius 3 is 2.09 bits per heavy atom. The number of nitrogens with one attached hydrogen (secondary N) is 1. The van der Waals surface area contributed by atoms with E-state index in [9.17, 15) is 13.2 Å². The van der Waals surface area contributed by atoms with Crippen molar-refractivity contribution >= 4 is 54.0 Å². The van der Waals surface area contributed by atoms with Crippen LogP contribution >= 0.6 is 31.9 Å². The Kier molecular flexibility index (Phi) is 8.36. The highest BCUT2D eigenvalue weighted by Gasteiger charge is 2.27. The molecule has 0 saturated heterocycles. The Bertz CT molecular complexity index is 1190. The number of aryl methyl sites for hydroxylation is 1. The highest BCUT2D eigenvalue weighted by atomic mass is 79.9. The van der Waals surface area contributed by atoms with Gasteiger partial charge in [-0.15, -0.1) is 0 Å². The van der Waals surface area contributed by atoms with Crippen LogP contribution in [0.5, 0.6) is 0 Å². The molecule has 1 N–H and O–H groups in total. The Balaban J connectivity index is 1.78. The number of hydrazone groups is 1. The van der Waals surface area contributed by atoms with Crippen LogP contribution in [0.1, 0.15) is 16.7 Å². The summed E-state index contributed by atoms with van der Waals surface area (Å²) in [7, 11) is -3.91. The standard InChI is InChI=1S/C23H21Br2N3O3S/c1-17-2-4-19(5-3-17)15-28(32(30,31)22-12-10-21(25)11-13-22)16-23(29)27-26-14-18-6-8-20(24)9-7-18/h2-14H,15-16H2,1H3,(H,27,29)/b26-14-. The Morgan fingerprint density at radius 2 is 1.50 bits per heavy atom. The molecule has 0 heterocycles. The number of hydrogen-bond donors (Lipinski definition) is 1. The first-order chi connectivity index (χ1) is 15.2. The molecule has 0 bridgehead atoms. The topological polar surface area (TPSA) is 78.8 Å². The third-order valence-electron chi connectivity index (χ3n) is 4.52. The summed E-state index contributed by atoms with van der Waals surface area (Å²) in [6.07, 6.45) is 1.50. The maximum absolute atomic E-state index is 13.3. The van der Waals surface area contributed by atoms with Gasteiger partial charge in [0.25, 0.3) is 5.91 Å². The summed E-state index contributed by atoms with van der Waals surface area (Å²) < 4.78 is 29.4. The molecule has 3 aromatic carbocycles. The van der Waals surface area contributed by atoms with Crippen molar-refractivity contribution < 1.29 is 13.2 Å². The van der Waals surface area contributed by atoms with Crippen LogP contribution < -0.4 is 5.43 Å². The van der Waals surface area contributed by atoms with Crippen LogP contribution in [0.3, 0.4) is 0 Å². The number of carbonyl (C=O) groups is 1. The van der Waals surface area contributed by atoms with Crippen LogP contribution in [-0.2, 0) is 21.4 Å². The summed E-state index contributed by atoms with van der Waals surface area (Å²) >= 11 is 6.67. The van der Waals surface area contributed by atoms with Crippen molar-refractivity contribution in [1.82, 2.24) is 9.73 Å². The van der Waals surface area contributed by atoms with E-state index in [0.29, 0.717) is 0 Å². The maximum atomic E-state index is 13.3. The molecule has 0 atom stereocenters. The van der Waals surface area contributed by atoms with E-state index >= 15 is 0 Å². The highest BCUT2D eigenvalue weighted by molar-refractivity contribution is 9.10. The molecule has 3 aromatic rings. The number of carbonyl (C=O) groups excluding carboxylic acids is 1. The van der Waals surface area contributed by atoms with Gasteiger partial charge in [0.05, 0.1) is 17.7 Å². The zero-order chi connectivity index (χ0) is 23.1. The number of benzene rings is 3. The third kappa shape index (κ3) is 6.83. The molecule has 9 heteroatoms. The average molecular weight is 579 g/mol. The number of halogens is 2. The van der Waals surface area contributed by atoms with E-state index in [1.165, 1.54) is 18.3 Å². The second kappa shape index (κ2) is 11.0. The van der Waals surface area contributed by atoms with E-state index in [4.69, 9.17) is 0 Å². The first-order valence-corrected chi connectivity index (χ1v) is 12.7. The molecule has 0 aliphatic heterocycles. The molecule has 0 aliphatic carbocycles. The maximum Gasteiger partial charge on any atom is 0.255 e. The molecule has 0 radical (unpaired) electrons. The Hall–Kier alpha value is -2.33. The minimum absolute atomic E-state index is 0.0581. The van der Waals surface area contributed by atoms with E-state index in [0.717, 1.165) is 29.9 Å². The fourth-order valence-corrected chi connectivity index (χ4v) is 4.71. The molecule has 166 valence electrons. The quantitative estimate of drug-likeness (QED) is 0.306. The fourth-order valence-electron chi connectivity index (χ4n) is 2.80. The van der Waals surface area contributed by atoms with Crippen LogP contribution in [0.15, 0.2) is 91.7 Å². The van der Waals surface area contributed by atoms with E-state index < -0.39 is 15.9 Å². The summed E-state index contributed by atoms with van der Waals surface area (Å²) in [6, 6.07) is 21.2. The number of rotatable bonds is 8. The van der Waals surface area contributed by atoms with Gasteiger partial charge in [0.2, 0.25) is 10.0 Å². The molecule has 1 amide bonds. The largest absolute Gasteiger partial charge is 0.272 e. The second-order valence-electron chi connectivity index (χ2n) is 7.06. The van der Waals surface area contributed by atoms with Crippen molar-refractivity contribution in [2.24, 2.45) is 5.10 Å². The van der Waals surface area contributed by atoms with Crippen molar-refractivity contribution in [3.05, 3.63) is 98.4 Å². The molecule has 6 nitrogen and oxygen atoms in total. The zero-order valence-electron chi connectivity index (χ0n) is 17.2. The fraction of sp³-hybridized carbons (Fsp3) is 0.130. The van der Waals surface area contributed by atoms with Crippen LogP contribution in [0.25, 0.3) is 0 Å². The molecule has 0 spiro atoms. The molecular weight excluding hydrogens is 558 g/mol. The normalized spacial score (nSPS) is 11.8. The Labute approximate surface area is 204 Å². The summed E-state index contributed by atoms with van der Waals surface area (Å²) in [6.45, 7) is 1.64. The lowest BCUT2D eigenvalue weighted by molar-refractivity contribution is -0.121. The predicted octanol–water partition coefficient (Wildman–Crippen LogP) is 4.86. The number of hydrogen-bond acceptors (Lipinski definition) is 4. The summed E-state index contributed by atoms with van der Waals surface area (Å²) in [5, 5.41) is 3.94. The van der Waals surface area contributed by atoms with Crippen molar-refractivity contribution in [2.45, 2.75) is 18.4 Å². The molecular formula is C23H21Br2N3O3S. The van der Waals surface area contributed by atoms with Crippen LogP contribution in [0.4, 0.5) is 0 Å². The van der Waals surface area contributed by atoms with Gasteiger partial charge in [0, 0.05) is 15.5 Å². The summed E-state index contributed by atoms with van der Waals surface area (Å²) in [4.78, 5) is 12.6. The van der Waals surface area contributed by atoms with Gasteiger partial charge < -0.3 is 0 Å². The van der Waals surface area contributed by atoms with E-state index in [1.807, 2.05) is 55.5 Å². The lowest BCUT2D eigenvalue weighted by atomic mass is 10.1. The van der Waals surface area contributed by atoms with Gasteiger partial charge in [-0.2, -0.15) is 9.41 Å².